The minimum atomic E-state index is -0.0283. The Kier molecular flexibility index (Phi) is 6.09. The fourth-order valence-corrected chi connectivity index (χ4v) is 4.24. The Labute approximate surface area is 200 Å². The molecule has 0 fully saturated rings. The zero-order chi connectivity index (χ0) is 23.3. The molecule has 1 N–H and O–H groups in total. The lowest BCUT2D eigenvalue weighted by atomic mass is 9.98. The first-order valence-electron chi connectivity index (χ1n) is 11.5. The van der Waals surface area contributed by atoms with Gasteiger partial charge in [0.2, 0.25) is 0 Å². The van der Waals surface area contributed by atoms with Gasteiger partial charge in [0.05, 0.1) is 11.3 Å². The Hall–Kier alpha value is -4.37. The van der Waals surface area contributed by atoms with Crippen molar-refractivity contribution >= 4 is 5.69 Å². The number of nitrogens with zero attached hydrogens (tertiary/aromatic N) is 1. The third-order valence-electron chi connectivity index (χ3n) is 5.97. The first-order chi connectivity index (χ1) is 16.7. The number of aryl methyl sites for hydroxylation is 1. The standard InChI is InChI=1S/C31H26N2O/c1-23-17-19-27(20-18-23)32-22-26-21-29(24-11-5-2-6-12-24)33(28-15-9-4-10-16-28)31(34)30(26)25-13-7-3-8-14-25/h2-21,32H,22H2,1H3. The van der Waals surface area contributed by atoms with Gasteiger partial charge in [-0.2, -0.15) is 0 Å². The summed E-state index contributed by atoms with van der Waals surface area (Å²) in [6, 6.07) is 40.3. The van der Waals surface area contributed by atoms with E-state index in [1.54, 1.807) is 0 Å². The van der Waals surface area contributed by atoms with Gasteiger partial charge in [-0.05, 0) is 53.9 Å². The van der Waals surface area contributed by atoms with Crippen molar-refractivity contribution < 1.29 is 0 Å². The first kappa shape index (κ1) is 21.5. The molecule has 0 aliphatic rings. The van der Waals surface area contributed by atoms with Crippen LogP contribution in [0.15, 0.2) is 126 Å². The number of hydrogen-bond donors (Lipinski definition) is 1. The van der Waals surface area contributed by atoms with Crippen LogP contribution in [-0.4, -0.2) is 4.57 Å². The first-order valence-corrected chi connectivity index (χ1v) is 11.5. The van der Waals surface area contributed by atoms with Gasteiger partial charge in [-0.15, -0.1) is 0 Å². The lowest BCUT2D eigenvalue weighted by Gasteiger charge is -2.19. The van der Waals surface area contributed by atoms with Gasteiger partial charge in [-0.1, -0.05) is 96.6 Å². The van der Waals surface area contributed by atoms with Crippen molar-refractivity contribution in [3.05, 3.63) is 143 Å². The third kappa shape index (κ3) is 4.41. The number of rotatable bonds is 6. The summed E-state index contributed by atoms with van der Waals surface area (Å²) in [6.07, 6.45) is 0. The normalized spacial score (nSPS) is 10.7. The van der Waals surface area contributed by atoms with Gasteiger partial charge < -0.3 is 5.32 Å². The van der Waals surface area contributed by atoms with E-state index in [4.69, 9.17) is 0 Å². The van der Waals surface area contributed by atoms with E-state index in [9.17, 15) is 4.79 Å². The minimum Gasteiger partial charge on any atom is -0.381 e. The van der Waals surface area contributed by atoms with E-state index in [0.717, 1.165) is 33.8 Å². The number of hydrogen-bond acceptors (Lipinski definition) is 2. The smallest absolute Gasteiger partial charge is 0.263 e. The van der Waals surface area contributed by atoms with Crippen LogP contribution in [-0.2, 0) is 6.54 Å². The largest absolute Gasteiger partial charge is 0.381 e. The van der Waals surface area contributed by atoms with Gasteiger partial charge in [-0.3, -0.25) is 9.36 Å². The van der Waals surface area contributed by atoms with Crippen LogP contribution in [0.5, 0.6) is 0 Å². The summed E-state index contributed by atoms with van der Waals surface area (Å²) in [7, 11) is 0. The predicted octanol–water partition coefficient (Wildman–Crippen LogP) is 7.09. The Morgan fingerprint density at radius 3 is 1.85 bits per heavy atom. The van der Waals surface area contributed by atoms with Crippen LogP contribution in [0.25, 0.3) is 28.1 Å². The van der Waals surface area contributed by atoms with Gasteiger partial charge >= 0.3 is 0 Å². The van der Waals surface area contributed by atoms with Crippen molar-refractivity contribution in [3.8, 4) is 28.1 Å². The molecule has 0 aliphatic heterocycles. The Morgan fingerprint density at radius 1 is 0.676 bits per heavy atom. The number of nitrogens with one attached hydrogen (secondary N) is 1. The van der Waals surface area contributed by atoms with E-state index < -0.39 is 0 Å². The van der Waals surface area contributed by atoms with Crippen molar-refractivity contribution in [1.82, 2.24) is 4.57 Å². The third-order valence-corrected chi connectivity index (χ3v) is 5.97. The maximum Gasteiger partial charge on any atom is 0.263 e. The molecule has 4 aromatic carbocycles. The quantitative estimate of drug-likeness (QED) is 0.304. The fraction of sp³-hybridized carbons (Fsp3) is 0.0645. The molecule has 0 saturated carbocycles. The average Bonchev–Trinajstić information content (AvgIpc) is 2.89. The number of anilines is 1. The molecule has 5 rings (SSSR count). The number of aromatic nitrogens is 1. The molecule has 0 unspecified atom stereocenters. The van der Waals surface area contributed by atoms with Crippen LogP contribution in [0.1, 0.15) is 11.1 Å². The van der Waals surface area contributed by atoms with Gasteiger partial charge in [0.25, 0.3) is 5.56 Å². The highest BCUT2D eigenvalue weighted by atomic mass is 16.1. The van der Waals surface area contributed by atoms with E-state index in [-0.39, 0.29) is 5.56 Å². The Morgan fingerprint density at radius 2 is 1.24 bits per heavy atom. The number of pyridine rings is 1. The molecule has 166 valence electrons. The molecule has 3 nitrogen and oxygen atoms in total. The topological polar surface area (TPSA) is 34.0 Å². The summed E-state index contributed by atoms with van der Waals surface area (Å²) in [5.74, 6) is 0. The van der Waals surface area contributed by atoms with Gasteiger partial charge in [0, 0.05) is 17.9 Å². The van der Waals surface area contributed by atoms with Crippen LogP contribution in [0.3, 0.4) is 0 Å². The maximum atomic E-state index is 14.2. The van der Waals surface area contributed by atoms with Crippen LogP contribution >= 0.6 is 0 Å². The molecule has 0 aliphatic carbocycles. The van der Waals surface area contributed by atoms with Crippen LogP contribution < -0.4 is 10.9 Å². The van der Waals surface area contributed by atoms with Crippen LogP contribution in [0.4, 0.5) is 5.69 Å². The molecule has 0 saturated heterocycles. The van der Waals surface area contributed by atoms with E-state index in [0.29, 0.717) is 12.1 Å². The summed E-state index contributed by atoms with van der Waals surface area (Å²) in [5.41, 5.74) is 7.52. The molecule has 0 radical (unpaired) electrons. The van der Waals surface area contributed by atoms with Crippen molar-refractivity contribution in [3.63, 3.8) is 0 Å². The van der Waals surface area contributed by atoms with E-state index in [1.165, 1.54) is 5.56 Å². The number of benzene rings is 4. The van der Waals surface area contributed by atoms with Crippen molar-refractivity contribution in [2.45, 2.75) is 13.5 Å². The summed E-state index contributed by atoms with van der Waals surface area (Å²) in [4.78, 5) is 14.2. The minimum absolute atomic E-state index is 0.0283. The zero-order valence-electron chi connectivity index (χ0n) is 19.1. The van der Waals surface area contributed by atoms with E-state index in [1.807, 2.05) is 95.6 Å². The van der Waals surface area contributed by atoms with Gasteiger partial charge in [-0.25, -0.2) is 0 Å². The van der Waals surface area contributed by atoms with E-state index in [2.05, 4.69) is 42.6 Å². The Balaban J connectivity index is 1.73. The van der Waals surface area contributed by atoms with Crippen molar-refractivity contribution in [2.24, 2.45) is 0 Å². The van der Waals surface area contributed by atoms with Gasteiger partial charge in [0.1, 0.15) is 0 Å². The summed E-state index contributed by atoms with van der Waals surface area (Å²) < 4.78 is 1.83. The van der Waals surface area contributed by atoms with Gasteiger partial charge in [0.15, 0.2) is 0 Å². The highest BCUT2D eigenvalue weighted by Gasteiger charge is 2.18. The molecule has 34 heavy (non-hydrogen) atoms. The van der Waals surface area contributed by atoms with Crippen LogP contribution in [0, 0.1) is 6.92 Å². The second-order valence-corrected chi connectivity index (χ2v) is 8.36. The van der Waals surface area contributed by atoms with E-state index >= 15 is 0 Å². The molecular weight excluding hydrogens is 416 g/mol. The molecule has 0 bridgehead atoms. The van der Waals surface area contributed by atoms with Crippen molar-refractivity contribution in [2.75, 3.05) is 5.32 Å². The van der Waals surface area contributed by atoms with Crippen LogP contribution in [0.2, 0.25) is 0 Å². The highest BCUT2D eigenvalue weighted by Crippen LogP contribution is 2.29. The molecular formula is C31H26N2O. The zero-order valence-corrected chi connectivity index (χ0v) is 19.1. The molecule has 0 spiro atoms. The highest BCUT2D eigenvalue weighted by molar-refractivity contribution is 5.73. The molecule has 1 aromatic heterocycles. The summed E-state index contributed by atoms with van der Waals surface area (Å²) >= 11 is 0. The molecule has 1 heterocycles. The average molecular weight is 443 g/mol. The van der Waals surface area contributed by atoms with Crippen molar-refractivity contribution in [1.29, 1.82) is 0 Å². The second-order valence-electron chi connectivity index (χ2n) is 8.36. The monoisotopic (exact) mass is 442 g/mol. The summed E-state index contributed by atoms with van der Waals surface area (Å²) in [6.45, 7) is 2.62. The molecule has 3 heteroatoms. The molecule has 0 atom stereocenters. The lowest BCUT2D eigenvalue weighted by molar-refractivity contribution is 0.981. The second kappa shape index (κ2) is 9.63. The lowest BCUT2D eigenvalue weighted by Crippen LogP contribution is -2.24. The molecule has 0 amide bonds. The SMILES string of the molecule is Cc1ccc(NCc2cc(-c3ccccc3)n(-c3ccccc3)c(=O)c2-c2ccccc2)cc1. The summed E-state index contributed by atoms with van der Waals surface area (Å²) in [5, 5.41) is 3.52. The molecule has 5 aromatic rings. The Bertz CT molecular complexity index is 1440. The fourth-order valence-electron chi connectivity index (χ4n) is 4.24. The maximum absolute atomic E-state index is 14.2. The predicted molar refractivity (Wildman–Crippen MR) is 141 cm³/mol. The number of para-hydroxylation sites is 1.